The number of hydrogen-bond donors (Lipinski definition) is 1. The molecule has 10 aromatic carbocycles. The molecule has 0 bridgehead atoms. The van der Waals surface area contributed by atoms with Gasteiger partial charge in [-0.1, -0.05) is 158 Å². The van der Waals surface area contributed by atoms with Crippen molar-refractivity contribution < 1.29 is 0 Å². The van der Waals surface area contributed by atoms with Gasteiger partial charge in [0.1, 0.15) is 0 Å². The Morgan fingerprint density at radius 1 is 0.463 bits per heavy atom. The van der Waals surface area contributed by atoms with E-state index < -0.39 is 0 Å². The van der Waals surface area contributed by atoms with Gasteiger partial charge in [0.2, 0.25) is 0 Å². The van der Waals surface area contributed by atoms with E-state index in [-0.39, 0.29) is 6.67 Å². The Morgan fingerprint density at radius 3 is 2.06 bits per heavy atom. The number of nitrogens with two attached hydrogens (primary N) is 1. The number of nitrogens with zero attached hydrogens (tertiary/aromatic N) is 3. The molecule has 0 saturated carbocycles. The fourth-order valence-corrected chi connectivity index (χ4v) is 12.8. The zero-order valence-corrected chi connectivity index (χ0v) is 37.0. The van der Waals surface area contributed by atoms with Gasteiger partial charge in [-0.2, -0.15) is 0 Å². The van der Waals surface area contributed by atoms with Crippen LogP contribution in [0.2, 0.25) is 0 Å². The van der Waals surface area contributed by atoms with Crippen LogP contribution in [-0.2, 0) is 0 Å². The second-order valence-electron chi connectivity index (χ2n) is 17.8. The molecule has 0 unspecified atom stereocenters. The molecule has 0 amide bonds. The predicted octanol–water partition coefficient (Wildman–Crippen LogP) is 16.0. The number of aliphatic imine (C=N–C) groups is 1. The van der Waals surface area contributed by atoms with Crippen LogP contribution in [0.1, 0.15) is 16.7 Å². The zero-order chi connectivity index (χ0) is 43.9. The van der Waals surface area contributed by atoms with Gasteiger partial charge in [0.25, 0.3) is 0 Å². The highest BCUT2D eigenvalue weighted by molar-refractivity contribution is 7.26. The minimum atomic E-state index is 0.189. The molecule has 0 fully saturated rings. The van der Waals surface area contributed by atoms with Gasteiger partial charge in [-0.25, -0.2) is 0 Å². The van der Waals surface area contributed by atoms with E-state index in [9.17, 15) is 0 Å². The molecule has 14 aromatic rings. The van der Waals surface area contributed by atoms with Crippen molar-refractivity contribution in [3.8, 4) is 11.1 Å². The van der Waals surface area contributed by atoms with Crippen molar-refractivity contribution in [2.45, 2.75) is 0 Å². The predicted molar refractivity (Wildman–Crippen MR) is 287 cm³/mol. The molecule has 4 nitrogen and oxygen atoms in total. The number of thiophene rings is 1. The number of aromatic nitrogens is 2. The summed E-state index contributed by atoms with van der Waals surface area (Å²) in [5, 5.41) is 15.4. The molecule has 5 heteroatoms. The van der Waals surface area contributed by atoms with E-state index in [2.05, 4.69) is 215 Å². The Hall–Kier alpha value is -8.35. The highest BCUT2D eigenvalue weighted by Gasteiger charge is 2.26. The third-order valence-electron chi connectivity index (χ3n) is 14.5. The van der Waals surface area contributed by atoms with Crippen LogP contribution in [0, 0.1) is 0 Å². The first-order valence-electron chi connectivity index (χ1n) is 23.0. The van der Waals surface area contributed by atoms with Crippen LogP contribution >= 0.6 is 11.3 Å². The molecular weight excluding hydrogens is 833 g/mol. The van der Waals surface area contributed by atoms with Gasteiger partial charge in [0.15, 0.2) is 0 Å². The lowest BCUT2D eigenvalue weighted by Crippen LogP contribution is -2.16. The highest BCUT2D eigenvalue weighted by Crippen LogP contribution is 2.47. The number of rotatable bonds is 4. The normalized spacial score (nSPS) is 14.6. The molecule has 0 aliphatic heterocycles. The van der Waals surface area contributed by atoms with Crippen LogP contribution < -0.4 is 5.73 Å². The van der Waals surface area contributed by atoms with Gasteiger partial charge < -0.3 is 14.7 Å². The Balaban J connectivity index is 0.980. The van der Waals surface area contributed by atoms with Crippen molar-refractivity contribution in [2.24, 2.45) is 10.7 Å². The Morgan fingerprint density at radius 2 is 1.15 bits per heavy atom. The largest absolute Gasteiger partial charge is 0.312 e. The molecule has 0 atom stereocenters. The van der Waals surface area contributed by atoms with Crippen molar-refractivity contribution in [2.75, 3.05) is 6.67 Å². The maximum absolute atomic E-state index is 6.26. The van der Waals surface area contributed by atoms with E-state index in [1.165, 1.54) is 102 Å². The van der Waals surface area contributed by atoms with E-state index in [1.54, 1.807) is 0 Å². The molecular formula is C62H38N4S. The second kappa shape index (κ2) is 13.8. The lowest BCUT2D eigenvalue weighted by atomic mass is 9.89. The Bertz CT molecular complexity index is 4540. The summed E-state index contributed by atoms with van der Waals surface area (Å²) >= 11 is 1.89. The third kappa shape index (κ3) is 5.07. The van der Waals surface area contributed by atoms with Gasteiger partial charge >= 0.3 is 0 Å². The summed E-state index contributed by atoms with van der Waals surface area (Å²) in [5.41, 5.74) is 21.1. The van der Waals surface area contributed by atoms with Gasteiger partial charge in [-0.15, -0.1) is 11.3 Å². The molecule has 67 heavy (non-hydrogen) atoms. The standard InChI is InChI=1S/C62H38N4S/c63-35-64-60-42-16-7-5-12-37(42)21-25-48(60)61(38-13-2-1-3-14-38)65-52-28-23-39(33-49(52)57-41-15-6-4-11-36(41)22-29-53(57)65)40-24-31-55-50(34-40)59-45-26-30-54-58(44(45)27-32-56(59)67-55)47-19-10-18-46-43-17-8-9-20-51(43)66(54)62(46)47/h1-34H,35,63H2/b61-48-,64-60-. The Labute approximate surface area is 388 Å². The molecule has 15 rings (SSSR count). The van der Waals surface area contributed by atoms with Crippen molar-refractivity contribution in [3.63, 3.8) is 0 Å². The van der Waals surface area contributed by atoms with Crippen LogP contribution in [0.15, 0.2) is 211 Å². The first-order chi connectivity index (χ1) is 33.2. The summed E-state index contributed by atoms with van der Waals surface area (Å²) in [5.74, 6) is 0. The third-order valence-corrected chi connectivity index (χ3v) is 15.6. The fraction of sp³-hybridized carbons (Fsp3) is 0.0161. The number of benzene rings is 10. The quantitative estimate of drug-likeness (QED) is 0.188. The topological polar surface area (TPSA) is 47.7 Å². The van der Waals surface area contributed by atoms with Gasteiger partial charge in [0, 0.05) is 63.6 Å². The monoisotopic (exact) mass is 870 g/mol. The molecule has 0 spiro atoms. The van der Waals surface area contributed by atoms with E-state index in [1.807, 2.05) is 11.3 Å². The molecule has 0 saturated heterocycles. The molecule has 2 N–H and O–H groups in total. The van der Waals surface area contributed by atoms with Crippen LogP contribution in [0.4, 0.5) is 0 Å². The number of hydrogen-bond acceptors (Lipinski definition) is 3. The smallest absolute Gasteiger partial charge is 0.0867 e. The molecule has 1 aliphatic carbocycles. The summed E-state index contributed by atoms with van der Waals surface area (Å²) in [4.78, 5) is 5.00. The summed E-state index contributed by atoms with van der Waals surface area (Å²) < 4.78 is 7.56. The number of fused-ring (bicyclic) bond motifs is 18. The van der Waals surface area contributed by atoms with E-state index in [0.717, 1.165) is 44.7 Å². The highest BCUT2D eigenvalue weighted by atomic mass is 32.1. The summed E-state index contributed by atoms with van der Waals surface area (Å²) in [7, 11) is 0. The van der Waals surface area contributed by atoms with E-state index >= 15 is 0 Å². The molecule has 4 heterocycles. The Kier molecular flexibility index (Phi) is 7.62. The maximum atomic E-state index is 6.26. The second-order valence-corrected chi connectivity index (χ2v) is 18.9. The van der Waals surface area contributed by atoms with Crippen molar-refractivity contribution >= 4 is 130 Å². The fourth-order valence-electron chi connectivity index (χ4n) is 11.7. The minimum absolute atomic E-state index is 0.189. The van der Waals surface area contributed by atoms with Gasteiger partial charge in [-0.05, 0) is 92.3 Å². The molecule has 312 valence electrons. The molecule has 0 radical (unpaired) electrons. The average Bonchev–Trinajstić information content (AvgIpc) is 4.13. The van der Waals surface area contributed by atoms with E-state index in [0.29, 0.717) is 0 Å². The zero-order valence-electron chi connectivity index (χ0n) is 36.2. The van der Waals surface area contributed by atoms with Crippen LogP contribution in [-0.4, -0.2) is 21.3 Å². The van der Waals surface area contributed by atoms with E-state index in [4.69, 9.17) is 10.7 Å². The van der Waals surface area contributed by atoms with Crippen molar-refractivity contribution in [3.05, 3.63) is 222 Å². The van der Waals surface area contributed by atoms with Gasteiger partial charge in [-0.3, -0.25) is 4.99 Å². The molecule has 4 aromatic heterocycles. The van der Waals surface area contributed by atoms with Crippen molar-refractivity contribution in [1.82, 2.24) is 8.97 Å². The summed E-state index contributed by atoms with van der Waals surface area (Å²) in [6.45, 7) is 0.189. The number of para-hydroxylation sites is 2. The molecule has 1 aliphatic rings. The lowest BCUT2D eigenvalue weighted by Gasteiger charge is -2.22. The van der Waals surface area contributed by atoms with Crippen LogP contribution in [0.3, 0.4) is 0 Å². The lowest BCUT2D eigenvalue weighted by molar-refractivity contribution is 1.07. The van der Waals surface area contributed by atoms with Crippen molar-refractivity contribution in [1.29, 1.82) is 0 Å². The van der Waals surface area contributed by atoms with Crippen LogP contribution in [0.5, 0.6) is 0 Å². The summed E-state index contributed by atoms with van der Waals surface area (Å²) in [6, 6.07) is 71.8. The van der Waals surface area contributed by atoms with Crippen LogP contribution in [0.25, 0.3) is 125 Å². The van der Waals surface area contributed by atoms with Gasteiger partial charge in [0.05, 0.1) is 45.7 Å². The first-order valence-corrected chi connectivity index (χ1v) is 23.8. The SMILES string of the molecule is NC/N=C1\C(=C(\c2ccccc2)n2c3ccc(-c4ccc5sc6ccc7c(ccc8c7c7cccc9c%10ccccc%10n8c97)c6c5c4)cc3c3c4ccccc4ccc32)C=Cc2ccccc21. The maximum Gasteiger partial charge on any atom is 0.0867 e. The average molecular weight is 871 g/mol. The first kappa shape index (κ1) is 36.9. The minimum Gasteiger partial charge on any atom is -0.312 e. The summed E-state index contributed by atoms with van der Waals surface area (Å²) in [6.07, 6.45) is 4.44. The number of allylic oxidation sites excluding steroid dienone is 2.